The summed E-state index contributed by atoms with van der Waals surface area (Å²) in [6.45, 7) is 1.85. The minimum Gasteiger partial charge on any atom is -0.350 e. The smallest absolute Gasteiger partial charge is 0.332 e. The molecule has 4 heteroatoms. The maximum atomic E-state index is 10.7. The maximum absolute atomic E-state index is 10.7. The van der Waals surface area contributed by atoms with Crippen LogP contribution in [0.15, 0.2) is 47.6 Å². The van der Waals surface area contributed by atoms with Crippen molar-refractivity contribution in [2.24, 2.45) is 10.8 Å². The molecule has 0 spiro atoms. The van der Waals surface area contributed by atoms with Crippen molar-refractivity contribution in [3.8, 4) is 11.1 Å². The molecule has 20 heavy (non-hydrogen) atoms. The highest BCUT2D eigenvalue weighted by atomic mass is 16.2. The monoisotopic (exact) mass is 265 g/mol. The van der Waals surface area contributed by atoms with Gasteiger partial charge in [0.25, 0.3) is 0 Å². The minimum atomic E-state index is -0.655. The number of hydrogen-bond acceptors (Lipinski definition) is 2. The van der Waals surface area contributed by atoms with Gasteiger partial charge in [0.2, 0.25) is 0 Å². The molecular formula is C16H15N3O. The van der Waals surface area contributed by atoms with Crippen LogP contribution in [0.1, 0.15) is 23.6 Å². The molecule has 2 aromatic rings. The first kappa shape index (κ1) is 12.4. The highest BCUT2D eigenvalue weighted by molar-refractivity contribution is 6.00. The Bertz CT molecular complexity index is 719. The lowest BCUT2D eigenvalue weighted by molar-refractivity contribution is 0.249. The summed E-state index contributed by atoms with van der Waals surface area (Å²) >= 11 is 0. The van der Waals surface area contributed by atoms with E-state index in [9.17, 15) is 4.79 Å². The van der Waals surface area contributed by atoms with Crippen molar-refractivity contribution in [2.45, 2.75) is 13.3 Å². The molecule has 0 unspecified atom stereocenters. The van der Waals surface area contributed by atoms with Crippen molar-refractivity contribution in [2.75, 3.05) is 0 Å². The van der Waals surface area contributed by atoms with Gasteiger partial charge in [-0.1, -0.05) is 36.4 Å². The lowest BCUT2D eigenvalue weighted by Crippen LogP contribution is -2.25. The summed E-state index contributed by atoms with van der Waals surface area (Å²) in [5.41, 5.74) is 14.2. The van der Waals surface area contributed by atoms with Crippen molar-refractivity contribution in [3.63, 3.8) is 0 Å². The summed E-state index contributed by atoms with van der Waals surface area (Å²) in [4.78, 5) is 10.7. The van der Waals surface area contributed by atoms with E-state index in [0.717, 1.165) is 17.7 Å². The number of primary amides is 1. The molecule has 0 bridgehead atoms. The third-order valence-electron chi connectivity index (χ3n) is 3.55. The Balaban J connectivity index is 1.95. The number of rotatable bonds is 2. The summed E-state index contributed by atoms with van der Waals surface area (Å²) in [6, 6.07) is 14.0. The van der Waals surface area contributed by atoms with Gasteiger partial charge in [-0.15, -0.1) is 0 Å². The van der Waals surface area contributed by atoms with E-state index < -0.39 is 6.03 Å². The number of benzene rings is 2. The molecule has 0 saturated heterocycles. The van der Waals surface area contributed by atoms with Gasteiger partial charge in [0.1, 0.15) is 0 Å². The summed E-state index contributed by atoms with van der Waals surface area (Å²) in [6.07, 6.45) is 0.940. The Labute approximate surface area is 117 Å². The summed E-state index contributed by atoms with van der Waals surface area (Å²) < 4.78 is 0. The third-order valence-corrected chi connectivity index (χ3v) is 3.55. The predicted octanol–water partition coefficient (Wildman–Crippen LogP) is 2.65. The standard InChI is InChI=1S/C16H15N3O/c1-10(18-19-16(17)20)11-6-7-15-13(8-11)9-12-4-2-3-5-14(12)15/h2-8H,9H2,1H3,(H3,17,19,20)/b18-10+. The molecule has 3 N–H and O–H groups in total. The molecule has 0 fully saturated rings. The molecule has 0 saturated carbocycles. The van der Waals surface area contributed by atoms with Crippen LogP contribution in [0, 0.1) is 0 Å². The van der Waals surface area contributed by atoms with Gasteiger partial charge in [-0.25, -0.2) is 10.2 Å². The fourth-order valence-electron chi connectivity index (χ4n) is 2.57. The van der Waals surface area contributed by atoms with Crippen LogP contribution in [0.2, 0.25) is 0 Å². The maximum Gasteiger partial charge on any atom is 0.332 e. The topological polar surface area (TPSA) is 67.5 Å². The third kappa shape index (κ3) is 2.16. The van der Waals surface area contributed by atoms with E-state index in [-0.39, 0.29) is 0 Å². The number of hydrazone groups is 1. The number of carbonyl (C=O) groups is 1. The lowest BCUT2D eigenvalue weighted by Gasteiger charge is -2.05. The van der Waals surface area contributed by atoms with Gasteiger partial charge in [-0.2, -0.15) is 5.10 Å². The molecule has 100 valence electrons. The molecule has 0 heterocycles. The van der Waals surface area contributed by atoms with Crippen LogP contribution in [0.5, 0.6) is 0 Å². The quantitative estimate of drug-likeness (QED) is 0.543. The number of nitrogens with two attached hydrogens (primary N) is 1. The normalized spacial score (nSPS) is 12.8. The van der Waals surface area contributed by atoms with E-state index >= 15 is 0 Å². The van der Waals surface area contributed by atoms with Crippen LogP contribution in [-0.4, -0.2) is 11.7 Å². The fourth-order valence-corrected chi connectivity index (χ4v) is 2.57. The lowest BCUT2D eigenvalue weighted by atomic mass is 10.0. The largest absolute Gasteiger partial charge is 0.350 e. The first-order valence-electron chi connectivity index (χ1n) is 6.46. The number of fused-ring (bicyclic) bond motifs is 3. The molecule has 0 aliphatic heterocycles. The van der Waals surface area contributed by atoms with E-state index in [4.69, 9.17) is 5.73 Å². The van der Waals surface area contributed by atoms with Crippen LogP contribution in [0.25, 0.3) is 11.1 Å². The zero-order valence-corrected chi connectivity index (χ0v) is 11.2. The first-order valence-corrected chi connectivity index (χ1v) is 6.46. The Hall–Kier alpha value is -2.62. The minimum absolute atomic E-state index is 0.655. The van der Waals surface area contributed by atoms with Gasteiger partial charge in [0.05, 0.1) is 5.71 Å². The zero-order chi connectivity index (χ0) is 14.1. The highest BCUT2D eigenvalue weighted by Crippen LogP contribution is 2.36. The summed E-state index contributed by atoms with van der Waals surface area (Å²) in [5.74, 6) is 0. The second-order valence-electron chi connectivity index (χ2n) is 4.88. The molecule has 1 aliphatic carbocycles. The van der Waals surface area contributed by atoms with E-state index in [0.29, 0.717) is 0 Å². The summed E-state index contributed by atoms with van der Waals surface area (Å²) in [7, 11) is 0. The molecule has 3 rings (SSSR count). The van der Waals surface area contributed by atoms with Gasteiger partial charge in [0.15, 0.2) is 0 Å². The van der Waals surface area contributed by atoms with E-state index in [1.807, 2.05) is 13.0 Å². The van der Waals surface area contributed by atoms with Gasteiger partial charge in [-0.3, -0.25) is 0 Å². The molecule has 0 radical (unpaired) electrons. The summed E-state index contributed by atoms with van der Waals surface area (Å²) in [5, 5.41) is 3.96. The molecular weight excluding hydrogens is 250 g/mol. The van der Waals surface area contributed by atoms with Crippen LogP contribution in [-0.2, 0) is 6.42 Å². The molecule has 4 nitrogen and oxygen atoms in total. The van der Waals surface area contributed by atoms with Crippen LogP contribution < -0.4 is 11.2 Å². The van der Waals surface area contributed by atoms with Gasteiger partial charge < -0.3 is 5.73 Å². The van der Waals surface area contributed by atoms with Crippen molar-refractivity contribution >= 4 is 11.7 Å². The first-order chi connectivity index (χ1) is 9.65. The number of hydrogen-bond donors (Lipinski definition) is 2. The molecule has 2 amide bonds. The molecule has 0 atom stereocenters. The molecule has 1 aliphatic rings. The number of nitrogens with one attached hydrogen (secondary N) is 1. The average Bonchev–Trinajstić information content (AvgIpc) is 2.82. The van der Waals surface area contributed by atoms with E-state index in [1.165, 1.54) is 22.3 Å². The van der Waals surface area contributed by atoms with Crippen molar-refractivity contribution in [1.29, 1.82) is 0 Å². The Morgan fingerprint density at radius 1 is 1.15 bits per heavy atom. The number of carbonyl (C=O) groups excluding carboxylic acids is 1. The van der Waals surface area contributed by atoms with Crippen LogP contribution in [0.3, 0.4) is 0 Å². The Kier molecular flexibility index (Phi) is 2.99. The van der Waals surface area contributed by atoms with Crippen molar-refractivity contribution in [1.82, 2.24) is 5.43 Å². The van der Waals surface area contributed by atoms with Crippen molar-refractivity contribution in [3.05, 3.63) is 59.2 Å². The SMILES string of the molecule is C/C(=N\NC(N)=O)c1ccc2c(c1)Cc1ccccc1-2. The fraction of sp³-hybridized carbons (Fsp3) is 0.125. The second kappa shape index (κ2) is 4.81. The van der Waals surface area contributed by atoms with Gasteiger partial charge in [0, 0.05) is 0 Å². The highest BCUT2D eigenvalue weighted by Gasteiger charge is 2.18. The Morgan fingerprint density at radius 3 is 2.70 bits per heavy atom. The average molecular weight is 265 g/mol. The van der Waals surface area contributed by atoms with Crippen LogP contribution in [0.4, 0.5) is 4.79 Å². The van der Waals surface area contributed by atoms with Gasteiger partial charge in [-0.05, 0) is 47.2 Å². The molecule has 2 aromatic carbocycles. The van der Waals surface area contributed by atoms with E-state index in [1.54, 1.807) is 0 Å². The number of amides is 2. The zero-order valence-electron chi connectivity index (χ0n) is 11.2. The van der Waals surface area contributed by atoms with Gasteiger partial charge >= 0.3 is 6.03 Å². The van der Waals surface area contributed by atoms with Crippen molar-refractivity contribution < 1.29 is 4.79 Å². The Morgan fingerprint density at radius 2 is 1.90 bits per heavy atom. The van der Waals surface area contributed by atoms with Crippen LogP contribution >= 0.6 is 0 Å². The predicted molar refractivity (Wildman–Crippen MR) is 79.6 cm³/mol. The second-order valence-corrected chi connectivity index (χ2v) is 4.88. The molecule has 0 aromatic heterocycles. The number of urea groups is 1. The number of nitrogens with zero attached hydrogens (tertiary/aromatic N) is 1. The van der Waals surface area contributed by atoms with E-state index in [2.05, 4.69) is 46.9 Å².